The maximum atomic E-state index is 12.4. The van der Waals surface area contributed by atoms with Crippen molar-refractivity contribution in [2.75, 3.05) is 24.5 Å². The summed E-state index contributed by atoms with van der Waals surface area (Å²) in [6, 6.07) is 4.71. The molecule has 0 aromatic heterocycles. The summed E-state index contributed by atoms with van der Waals surface area (Å²) in [6.45, 7) is 5.50. The van der Waals surface area contributed by atoms with Crippen molar-refractivity contribution < 1.29 is 9.59 Å². The van der Waals surface area contributed by atoms with E-state index in [-0.39, 0.29) is 24.3 Å². The van der Waals surface area contributed by atoms with Gasteiger partial charge in [-0.2, -0.15) is 0 Å². The molecular weight excluding hydrogens is 351 g/mol. The maximum absolute atomic E-state index is 12.4. The fourth-order valence-electron chi connectivity index (χ4n) is 2.42. The molecule has 0 radical (unpaired) electrons. The summed E-state index contributed by atoms with van der Waals surface area (Å²) in [5.41, 5.74) is 6.79. The topological polar surface area (TPSA) is 87.5 Å². The molecule has 0 aliphatic carbocycles. The number of rotatable bonds is 6. The summed E-state index contributed by atoms with van der Waals surface area (Å²) >= 11 is 6.17. The first-order valence-electron chi connectivity index (χ1n) is 7.82. The average Bonchev–Trinajstić information content (AvgIpc) is 2.98. The van der Waals surface area contributed by atoms with Gasteiger partial charge in [-0.3, -0.25) is 9.69 Å². The van der Waals surface area contributed by atoms with Crippen molar-refractivity contribution >= 4 is 41.6 Å². The summed E-state index contributed by atoms with van der Waals surface area (Å²) in [5, 5.41) is 6.02. The molecule has 8 heteroatoms. The Labute approximate surface area is 153 Å². The number of carbonyl (C=O) groups is 2. The van der Waals surface area contributed by atoms with Crippen molar-refractivity contribution in [2.24, 2.45) is 5.73 Å². The second kappa shape index (κ2) is 8.55. The molecule has 2 rings (SSSR count). The monoisotopic (exact) mass is 374 g/mol. The predicted octanol–water partition coefficient (Wildman–Crippen LogP) is 2.54. The van der Waals surface area contributed by atoms with E-state index >= 15 is 0 Å². The van der Waals surface area contributed by atoms with Crippen LogP contribution in [0.15, 0.2) is 18.2 Å². The highest BCUT2D eigenvalue weighted by Crippen LogP contribution is 2.28. The number of urea groups is 1. The van der Waals surface area contributed by atoms with Gasteiger partial charge in [0.15, 0.2) is 0 Å². The SMILES string of the molecule is CCC(N)(CC)CNC(=O)c1ccc(Cl)c(N2CCNC2=O)c1.Cl. The molecule has 6 nitrogen and oxygen atoms in total. The first-order chi connectivity index (χ1) is 10.9. The molecule has 0 spiro atoms. The number of carbonyl (C=O) groups excluding carboxylic acids is 2. The number of nitrogens with two attached hydrogens (primary N) is 1. The third-order valence-electron chi connectivity index (χ3n) is 4.37. The number of nitrogens with zero attached hydrogens (tertiary/aromatic N) is 1. The van der Waals surface area contributed by atoms with Crippen molar-refractivity contribution in [3.05, 3.63) is 28.8 Å². The first-order valence-corrected chi connectivity index (χ1v) is 8.20. The normalized spacial score (nSPS) is 14.2. The summed E-state index contributed by atoms with van der Waals surface area (Å²) in [4.78, 5) is 25.7. The molecule has 24 heavy (non-hydrogen) atoms. The molecule has 0 atom stereocenters. The van der Waals surface area contributed by atoms with Gasteiger partial charge in [-0.15, -0.1) is 12.4 Å². The minimum atomic E-state index is -0.403. The van der Waals surface area contributed by atoms with Gasteiger partial charge < -0.3 is 16.4 Å². The summed E-state index contributed by atoms with van der Waals surface area (Å²) < 4.78 is 0. The zero-order valence-corrected chi connectivity index (χ0v) is 15.5. The molecular formula is C16H24Cl2N4O2. The molecule has 3 amide bonds. The van der Waals surface area contributed by atoms with E-state index in [1.807, 2.05) is 13.8 Å². The van der Waals surface area contributed by atoms with Crippen molar-refractivity contribution in [3.8, 4) is 0 Å². The van der Waals surface area contributed by atoms with Gasteiger partial charge in [-0.1, -0.05) is 25.4 Å². The third kappa shape index (κ3) is 4.53. The van der Waals surface area contributed by atoms with E-state index in [0.29, 0.717) is 35.9 Å². The first kappa shape index (κ1) is 20.5. The van der Waals surface area contributed by atoms with Crippen molar-refractivity contribution in [1.29, 1.82) is 0 Å². The van der Waals surface area contributed by atoms with Gasteiger partial charge in [0.25, 0.3) is 5.91 Å². The van der Waals surface area contributed by atoms with Crippen LogP contribution in [-0.4, -0.2) is 37.1 Å². The van der Waals surface area contributed by atoms with Crippen molar-refractivity contribution in [3.63, 3.8) is 0 Å². The lowest BCUT2D eigenvalue weighted by molar-refractivity contribution is 0.0942. The smallest absolute Gasteiger partial charge is 0.322 e. The highest BCUT2D eigenvalue weighted by Gasteiger charge is 2.25. The number of amides is 3. The predicted molar refractivity (Wildman–Crippen MR) is 99.3 cm³/mol. The zero-order valence-electron chi connectivity index (χ0n) is 13.9. The van der Waals surface area contributed by atoms with E-state index in [0.717, 1.165) is 12.8 Å². The maximum Gasteiger partial charge on any atom is 0.322 e. The lowest BCUT2D eigenvalue weighted by Crippen LogP contribution is -2.49. The highest BCUT2D eigenvalue weighted by molar-refractivity contribution is 6.34. The van der Waals surface area contributed by atoms with Gasteiger partial charge in [-0.05, 0) is 31.0 Å². The minimum Gasteiger partial charge on any atom is -0.350 e. The van der Waals surface area contributed by atoms with E-state index in [1.165, 1.54) is 4.90 Å². The second-order valence-corrected chi connectivity index (χ2v) is 6.21. The Bertz CT molecular complexity index is 606. The molecule has 0 saturated carbocycles. The van der Waals surface area contributed by atoms with Gasteiger partial charge in [0.05, 0.1) is 10.7 Å². The van der Waals surface area contributed by atoms with E-state index in [9.17, 15) is 9.59 Å². The molecule has 1 aliphatic rings. The Morgan fingerprint density at radius 3 is 2.62 bits per heavy atom. The Morgan fingerprint density at radius 1 is 1.42 bits per heavy atom. The van der Waals surface area contributed by atoms with E-state index < -0.39 is 5.54 Å². The second-order valence-electron chi connectivity index (χ2n) is 5.80. The fourth-order valence-corrected chi connectivity index (χ4v) is 2.64. The molecule has 134 valence electrons. The molecule has 1 aromatic carbocycles. The quantitative estimate of drug-likeness (QED) is 0.714. The van der Waals surface area contributed by atoms with E-state index in [1.54, 1.807) is 18.2 Å². The average molecular weight is 375 g/mol. The summed E-state index contributed by atoms with van der Waals surface area (Å²) in [7, 11) is 0. The van der Waals surface area contributed by atoms with Crippen LogP contribution in [0.5, 0.6) is 0 Å². The van der Waals surface area contributed by atoms with Crippen LogP contribution < -0.4 is 21.3 Å². The standard InChI is InChI=1S/C16H23ClN4O2.ClH/c1-3-16(18,4-2)10-20-14(22)11-5-6-12(17)13(9-11)21-8-7-19-15(21)23;/h5-6,9H,3-4,7-8,10,18H2,1-2H3,(H,19,23)(H,20,22);1H. The van der Waals surface area contributed by atoms with Gasteiger partial charge in [-0.25, -0.2) is 4.79 Å². The Morgan fingerprint density at radius 2 is 2.08 bits per heavy atom. The third-order valence-corrected chi connectivity index (χ3v) is 4.68. The van der Waals surface area contributed by atoms with Crippen LogP contribution in [0.1, 0.15) is 37.0 Å². The highest BCUT2D eigenvalue weighted by atomic mass is 35.5. The Kier molecular flexibility index (Phi) is 7.32. The Balaban J connectivity index is 0.00000288. The van der Waals surface area contributed by atoms with E-state index in [4.69, 9.17) is 17.3 Å². The van der Waals surface area contributed by atoms with Crippen LogP contribution in [0.2, 0.25) is 5.02 Å². The number of hydrogen-bond acceptors (Lipinski definition) is 3. The molecule has 1 fully saturated rings. The fraction of sp³-hybridized carbons (Fsp3) is 0.500. The lowest BCUT2D eigenvalue weighted by atomic mass is 9.94. The van der Waals surface area contributed by atoms with Crippen LogP contribution in [-0.2, 0) is 0 Å². The molecule has 1 saturated heterocycles. The summed E-state index contributed by atoms with van der Waals surface area (Å²) in [5.74, 6) is -0.223. The van der Waals surface area contributed by atoms with Crippen LogP contribution in [0.4, 0.5) is 10.5 Å². The molecule has 0 bridgehead atoms. The number of halogens is 2. The number of benzene rings is 1. The molecule has 1 heterocycles. The number of anilines is 1. The van der Waals surface area contributed by atoms with E-state index in [2.05, 4.69) is 10.6 Å². The number of nitrogens with one attached hydrogen (secondary N) is 2. The largest absolute Gasteiger partial charge is 0.350 e. The molecule has 0 unspecified atom stereocenters. The van der Waals surface area contributed by atoms with Gasteiger partial charge in [0, 0.05) is 30.7 Å². The van der Waals surface area contributed by atoms with Gasteiger partial charge >= 0.3 is 6.03 Å². The molecule has 1 aromatic rings. The molecule has 1 aliphatic heterocycles. The lowest BCUT2D eigenvalue weighted by Gasteiger charge is -2.27. The van der Waals surface area contributed by atoms with Gasteiger partial charge in [0.2, 0.25) is 0 Å². The Hall–Kier alpha value is -1.50. The van der Waals surface area contributed by atoms with Crippen LogP contribution in [0, 0.1) is 0 Å². The van der Waals surface area contributed by atoms with Crippen molar-refractivity contribution in [1.82, 2.24) is 10.6 Å². The van der Waals surface area contributed by atoms with Crippen LogP contribution in [0.25, 0.3) is 0 Å². The number of hydrogen-bond donors (Lipinski definition) is 3. The zero-order chi connectivity index (χ0) is 17.0. The van der Waals surface area contributed by atoms with Crippen LogP contribution in [0.3, 0.4) is 0 Å². The summed E-state index contributed by atoms with van der Waals surface area (Å²) in [6.07, 6.45) is 1.56. The minimum absolute atomic E-state index is 0. The molecule has 4 N–H and O–H groups in total. The van der Waals surface area contributed by atoms with Gasteiger partial charge in [0.1, 0.15) is 0 Å². The van der Waals surface area contributed by atoms with Crippen molar-refractivity contribution in [2.45, 2.75) is 32.2 Å². The van der Waals surface area contributed by atoms with Crippen LogP contribution >= 0.6 is 24.0 Å².